The molecular weight excluding hydrogens is 204 g/mol. The third kappa shape index (κ3) is 15.2. The zero-order valence-corrected chi connectivity index (χ0v) is 11.5. The van der Waals surface area contributed by atoms with E-state index in [0.29, 0.717) is 0 Å². The average molecular weight is 233 g/mol. The SMILES string of the molecule is [CH2]CCCCCCC=CCC=CCC=CCC. The average Bonchev–Trinajstić information content (AvgIpc) is 2.35. The molecule has 0 nitrogen and oxygen atoms in total. The monoisotopic (exact) mass is 233 g/mol. The van der Waals surface area contributed by atoms with Crippen LogP contribution in [-0.2, 0) is 0 Å². The van der Waals surface area contributed by atoms with Crippen molar-refractivity contribution in [3.63, 3.8) is 0 Å². The number of hydrogen-bond acceptors (Lipinski definition) is 0. The summed E-state index contributed by atoms with van der Waals surface area (Å²) in [5.41, 5.74) is 0. The zero-order valence-electron chi connectivity index (χ0n) is 11.5. The lowest BCUT2D eigenvalue weighted by molar-refractivity contribution is 0.651. The Bertz CT molecular complexity index is 208. The Balaban J connectivity index is 3.21. The van der Waals surface area contributed by atoms with Gasteiger partial charge in [-0.15, -0.1) is 0 Å². The largest absolute Gasteiger partial charge is 0.0885 e. The molecule has 0 aliphatic rings. The number of hydrogen-bond donors (Lipinski definition) is 0. The van der Waals surface area contributed by atoms with E-state index in [2.05, 4.69) is 50.3 Å². The molecule has 0 unspecified atom stereocenters. The maximum Gasteiger partial charge on any atom is -0.0169 e. The van der Waals surface area contributed by atoms with Crippen LogP contribution < -0.4 is 0 Å². The van der Waals surface area contributed by atoms with Gasteiger partial charge in [0.15, 0.2) is 0 Å². The highest BCUT2D eigenvalue weighted by Crippen LogP contribution is 2.05. The van der Waals surface area contributed by atoms with Crippen LogP contribution in [0.3, 0.4) is 0 Å². The number of rotatable bonds is 11. The van der Waals surface area contributed by atoms with Gasteiger partial charge in [-0.25, -0.2) is 0 Å². The van der Waals surface area contributed by atoms with E-state index in [1.54, 1.807) is 0 Å². The third-order valence-corrected chi connectivity index (χ3v) is 2.65. The van der Waals surface area contributed by atoms with Gasteiger partial charge in [0.25, 0.3) is 0 Å². The Morgan fingerprint density at radius 1 is 0.706 bits per heavy atom. The summed E-state index contributed by atoms with van der Waals surface area (Å²) in [5.74, 6) is 0. The second-order valence-corrected chi connectivity index (χ2v) is 4.35. The Hall–Kier alpha value is -0.780. The van der Waals surface area contributed by atoms with Crippen LogP contribution in [0.25, 0.3) is 0 Å². The lowest BCUT2D eigenvalue weighted by Gasteiger charge is -1.95. The van der Waals surface area contributed by atoms with Crippen molar-refractivity contribution in [2.45, 2.75) is 64.7 Å². The van der Waals surface area contributed by atoms with Crippen molar-refractivity contribution in [1.29, 1.82) is 0 Å². The fourth-order valence-electron chi connectivity index (χ4n) is 1.62. The maximum atomic E-state index is 3.85. The molecule has 0 aromatic carbocycles. The molecule has 0 heteroatoms. The summed E-state index contributed by atoms with van der Waals surface area (Å²) in [6.45, 7) is 6.02. The molecule has 0 spiro atoms. The Morgan fingerprint density at radius 3 is 1.94 bits per heavy atom. The fourth-order valence-corrected chi connectivity index (χ4v) is 1.62. The van der Waals surface area contributed by atoms with E-state index < -0.39 is 0 Å². The number of unbranched alkanes of at least 4 members (excludes halogenated alkanes) is 5. The van der Waals surface area contributed by atoms with Crippen molar-refractivity contribution in [2.24, 2.45) is 0 Å². The van der Waals surface area contributed by atoms with Gasteiger partial charge in [0.1, 0.15) is 0 Å². The molecule has 0 aromatic heterocycles. The van der Waals surface area contributed by atoms with Gasteiger partial charge in [0.05, 0.1) is 0 Å². The van der Waals surface area contributed by atoms with Crippen molar-refractivity contribution < 1.29 is 0 Å². The molecule has 0 fully saturated rings. The summed E-state index contributed by atoms with van der Waals surface area (Å²) in [7, 11) is 0. The molecule has 0 N–H and O–H groups in total. The summed E-state index contributed by atoms with van der Waals surface area (Å²) < 4.78 is 0. The molecular formula is C17H29. The first-order valence-corrected chi connectivity index (χ1v) is 7.16. The van der Waals surface area contributed by atoms with Gasteiger partial charge in [0, 0.05) is 0 Å². The van der Waals surface area contributed by atoms with Crippen molar-refractivity contribution in [3.8, 4) is 0 Å². The van der Waals surface area contributed by atoms with Crippen molar-refractivity contribution in [3.05, 3.63) is 43.4 Å². The molecule has 0 bridgehead atoms. The Labute approximate surface area is 109 Å². The lowest BCUT2D eigenvalue weighted by atomic mass is 10.1. The van der Waals surface area contributed by atoms with Crippen LogP contribution in [-0.4, -0.2) is 0 Å². The molecule has 0 rings (SSSR count). The van der Waals surface area contributed by atoms with Crippen molar-refractivity contribution in [2.75, 3.05) is 0 Å². The van der Waals surface area contributed by atoms with Crippen LogP contribution in [0.1, 0.15) is 64.7 Å². The highest BCUT2D eigenvalue weighted by Gasteiger charge is 1.85. The summed E-state index contributed by atoms with van der Waals surface area (Å²) in [4.78, 5) is 0. The molecule has 0 aromatic rings. The van der Waals surface area contributed by atoms with Crippen LogP contribution in [0.4, 0.5) is 0 Å². The highest BCUT2D eigenvalue weighted by atomic mass is 13.9. The minimum atomic E-state index is 1.08. The predicted molar refractivity (Wildman–Crippen MR) is 80.0 cm³/mol. The van der Waals surface area contributed by atoms with Gasteiger partial charge in [-0.2, -0.15) is 0 Å². The summed E-state index contributed by atoms with van der Waals surface area (Å²) in [6.07, 6.45) is 24.5. The van der Waals surface area contributed by atoms with Crippen LogP contribution in [0.2, 0.25) is 0 Å². The first-order valence-electron chi connectivity index (χ1n) is 7.16. The molecule has 0 saturated carbocycles. The van der Waals surface area contributed by atoms with Crippen LogP contribution >= 0.6 is 0 Å². The number of allylic oxidation sites excluding steroid dienone is 6. The summed E-state index contributed by atoms with van der Waals surface area (Å²) >= 11 is 0. The van der Waals surface area contributed by atoms with Crippen molar-refractivity contribution >= 4 is 0 Å². The van der Waals surface area contributed by atoms with E-state index in [-0.39, 0.29) is 0 Å². The Morgan fingerprint density at radius 2 is 1.29 bits per heavy atom. The van der Waals surface area contributed by atoms with Crippen LogP contribution in [0.15, 0.2) is 36.5 Å². The maximum absolute atomic E-state index is 3.85. The molecule has 0 aliphatic carbocycles. The highest BCUT2D eigenvalue weighted by molar-refractivity contribution is 4.96. The van der Waals surface area contributed by atoms with E-state index >= 15 is 0 Å². The minimum absolute atomic E-state index is 1.08. The summed E-state index contributed by atoms with van der Waals surface area (Å²) in [6, 6.07) is 0. The normalized spacial score (nSPS) is 12.4. The predicted octanol–water partition coefficient (Wildman–Crippen LogP) is 6.02. The lowest BCUT2D eigenvalue weighted by Crippen LogP contribution is -1.75. The molecule has 0 heterocycles. The quantitative estimate of drug-likeness (QED) is 0.302. The molecule has 17 heavy (non-hydrogen) atoms. The van der Waals surface area contributed by atoms with Gasteiger partial charge in [-0.3, -0.25) is 0 Å². The van der Waals surface area contributed by atoms with Gasteiger partial charge in [0.2, 0.25) is 0 Å². The Kier molecular flexibility index (Phi) is 14.5. The van der Waals surface area contributed by atoms with E-state index in [1.165, 1.54) is 32.1 Å². The smallest absolute Gasteiger partial charge is 0.0169 e. The fraction of sp³-hybridized carbons (Fsp3) is 0.588. The summed E-state index contributed by atoms with van der Waals surface area (Å²) in [5, 5.41) is 0. The van der Waals surface area contributed by atoms with Crippen molar-refractivity contribution in [1.82, 2.24) is 0 Å². The van der Waals surface area contributed by atoms with E-state index in [0.717, 1.165) is 25.7 Å². The van der Waals surface area contributed by atoms with Crippen LogP contribution in [0, 0.1) is 6.92 Å². The molecule has 0 saturated heterocycles. The second-order valence-electron chi connectivity index (χ2n) is 4.35. The topological polar surface area (TPSA) is 0 Å². The first kappa shape index (κ1) is 16.2. The van der Waals surface area contributed by atoms with Crippen LogP contribution in [0.5, 0.6) is 0 Å². The molecule has 0 amide bonds. The van der Waals surface area contributed by atoms with Gasteiger partial charge in [-0.1, -0.05) is 76.0 Å². The standard InChI is InChI=1S/C17H29/c1-3-5-7-9-11-13-15-17-16-14-12-10-8-6-4-2/h6,8,12,14-15,17H,1,3-5,7,9-11,13,16H2,2H3. The van der Waals surface area contributed by atoms with E-state index in [9.17, 15) is 0 Å². The molecule has 0 aliphatic heterocycles. The molecule has 97 valence electrons. The minimum Gasteiger partial charge on any atom is -0.0885 e. The second kappa shape index (κ2) is 15.2. The first-order chi connectivity index (χ1) is 8.41. The van der Waals surface area contributed by atoms with Gasteiger partial charge in [-0.05, 0) is 32.1 Å². The molecule has 0 atom stereocenters. The zero-order chi connectivity index (χ0) is 12.6. The van der Waals surface area contributed by atoms with Gasteiger partial charge >= 0.3 is 0 Å². The van der Waals surface area contributed by atoms with E-state index in [1.807, 2.05) is 0 Å². The molecule has 1 radical (unpaired) electrons. The van der Waals surface area contributed by atoms with E-state index in [4.69, 9.17) is 0 Å². The third-order valence-electron chi connectivity index (χ3n) is 2.65. The van der Waals surface area contributed by atoms with Gasteiger partial charge < -0.3 is 0 Å².